The van der Waals surface area contributed by atoms with E-state index in [1.165, 1.54) is 19.3 Å². The van der Waals surface area contributed by atoms with E-state index in [-0.39, 0.29) is 18.0 Å². The molecular weight excluding hydrogens is 381 g/mol. The maximum Gasteiger partial charge on any atom is 0.401 e. The van der Waals surface area contributed by atoms with Crippen LogP contribution in [0.5, 0.6) is 0 Å². The van der Waals surface area contributed by atoms with Crippen molar-refractivity contribution < 1.29 is 22.4 Å². The van der Waals surface area contributed by atoms with Crippen molar-refractivity contribution in [2.24, 2.45) is 17.8 Å². The van der Waals surface area contributed by atoms with Crippen molar-refractivity contribution in [1.29, 1.82) is 0 Å². The van der Waals surface area contributed by atoms with Crippen LogP contribution in [0.3, 0.4) is 0 Å². The first-order valence-electron chi connectivity index (χ1n) is 10.4. The van der Waals surface area contributed by atoms with Gasteiger partial charge >= 0.3 is 17.9 Å². The summed E-state index contributed by atoms with van der Waals surface area (Å²) in [6.07, 6.45) is 4.54. The van der Waals surface area contributed by atoms with Crippen molar-refractivity contribution >= 4 is 11.4 Å². The molecule has 3 N–H and O–H groups in total. The molecule has 2 aromatic rings. The molecule has 4 saturated carbocycles. The molecule has 1 amide bonds. The number of pyridine rings is 1. The zero-order valence-corrected chi connectivity index (χ0v) is 16.2. The summed E-state index contributed by atoms with van der Waals surface area (Å²) in [5.74, 6) is 2.36. The van der Waals surface area contributed by atoms with Gasteiger partial charge in [0.25, 0.3) is 0 Å². The summed E-state index contributed by atoms with van der Waals surface area (Å²) >= 11 is 0. The van der Waals surface area contributed by atoms with Gasteiger partial charge in [0.05, 0.1) is 19.3 Å². The van der Waals surface area contributed by atoms with Crippen LogP contribution in [-0.4, -0.2) is 29.2 Å². The van der Waals surface area contributed by atoms with Crippen LogP contribution in [0.2, 0.25) is 0 Å². The zero-order chi connectivity index (χ0) is 20.2. The molecule has 2 heterocycles. The minimum absolute atomic E-state index is 0.0116. The molecule has 29 heavy (non-hydrogen) atoms. The Balaban J connectivity index is 1.38. The molecule has 0 atom stereocenters. The van der Waals surface area contributed by atoms with Gasteiger partial charge in [-0.3, -0.25) is 4.79 Å². The van der Waals surface area contributed by atoms with Crippen LogP contribution in [0.15, 0.2) is 24.4 Å². The highest BCUT2D eigenvalue weighted by atomic mass is 19.4. The smallest absolute Gasteiger partial charge is 0.340 e. The molecule has 0 radical (unpaired) electrons. The fourth-order valence-corrected chi connectivity index (χ4v) is 6.35. The predicted octanol–water partition coefficient (Wildman–Crippen LogP) is 3.10. The molecule has 8 heteroatoms. The summed E-state index contributed by atoms with van der Waals surface area (Å²) in [5, 5.41) is 5.75. The molecular formula is C21H26F3N4O+. The standard InChI is InChI=1S/C21H25F3N4O/c22-21(23,24)12-25-11-16-17-3-1-2-4-28(17)18(26-16)19(29)27-20-8-13-5-14(9-20)7-15(6-13)10-20/h1-4,13-15,25H,5-12H2,(H,27,29)/p+1. The van der Waals surface area contributed by atoms with E-state index >= 15 is 0 Å². The quantitative estimate of drug-likeness (QED) is 0.667. The largest absolute Gasteiger partial charge is 0.401 e. The summed E-state index contributed by atoms with van der Waals surface area (Å²) in [5.41, 5.74) is 1.16. The van der Waals surface area contributed by atoms with Gasteiger partial charge in [-0.05, 0) is 68.4 Å². The average Bonchev–Trinajstić information content (AvgIpc) is 2.98. The second-order valence-electron chi connectivity index (χ2n) is 9.28. The first kappa shape index (κ1) is 18.9. The molecule has 0 aromatic carbocycles. The number of hydrogen-bond donors (Lipinski definition) is 3. The molecule has 0 saturated heterocycles. The van der Waals surface area contributed by atoms with Crippen molar-refractivity contribution in [1.82, 2.24) is 15.6 Å². The Labute approximate surface area is 167 Å². The Morgan fingerprint density at radius 2 is 1.79 bits per heavy atom. The third-order valence-corrected chi connectivity index (χ3v) is 6.94. The number of carbonyl (C=O) groups excluding carboxylic acids is 1. The first-order valence-corrected chi connectivity index (χ1v) is 10.4. The molecule has 0 aliphatic heterocycles. The number of aromatic amines is 1. The number of aromatic nitrogens is 2. The Hall–Kier alpha value is -2.09. The number of carbonyl (C=O) groups is 1. The monoisotopic (exact) mass is 407 g/mol. The highest BCUT2D eigenvalue weighted by Crippen LogP contribution is 2.55. The Morgan fingerprint density at radius 1 is 1.14 bits per heavy atom. The number of fused-ring (bicyclic) bond motifs is 1. The van der Waals surface area contributed by atoms with Crippen LogP contribution >= 0.6 is 0 Å². The number of nitrogens with zero attached hydrogens (tertiary/aromatic N) is 1. The molecule has 5 nitrogen and oxygen atoms in total. The molecule has 4 fully saturated rings. The molecule has 6 rings (SSSR count). The van der Waals surface area contributed by atoms with E-state index in [9.17, 15) is 18.0 Å². The Bertz CT molecular complexity index is 900. The SMILES string of the molecule is O=C(NC12CC3CC(CC(C3)C1)C2)c1[nH]c(CNCC(F)(F)F)c2cccc[n+]12. The fraction of sp³-hybridized carbons (Fsp3) is 0.619. The van der Waals surface area contributed by atoms with Crippen LogP contribution < -0.4 is 15.0 Å². The zero-order valence-electron chi connectivity index (χ0n) is 16.2. The maximum absolute atomic E-state index is 13.2. The van der Waals surface area contributed by atoms with Crippen LogP contribution in [0.25, 0.3) is 5.52 Å². The van der Waals surface area contributed by atoms with E-state index in [1.807, 2.05) is 18.2 Å². The van der Waals surface area contributed by atoms with Crippen LogP contribution in [0.1, 0.15) is 54.8 Å². The van der Waals surface area contributed by atoms with Gasteiger partial charge in [0.1, 0.15) is 0 Å². The van der Waals surface area contributed by atoms with Crippen molar-refractivity contribution in [2.75, 3.05) is 6.54 Å². The average molecular weight is 407 g/mol. The van der Waals surface area contributed by atoms with E-state index in [1.54, 1.807) is 10.6 Å². The lowest BCUT2D eigenvalue weighted by Crippen LogP contribution is -2.60. The molecule has 2 aromatic heterocycles. The molecule has 4 bridgehead atoms. The highest BCUT2D eigenvalue weighted by molar-refractivity contribution is 5.90. The van der Waals surface area contributed by atoms with Gasteiger partial charge < -0.3 is 10.6 Å². The van der Waals surface area contributed by atoms with E-state index in [2.05, 4.69) is 15.6 Å². The van der Waals surface area contributed by atoms with Gasteiger partial charge in [-0.1, -0.05) is 6.07 Å². The third-order valence-electron chi connectivity index (χ3n) is 6.94. The number of hydrogen-bond acceptors (Lipinski definition) is 2. The summed E-state index contributed by atoms with van der Waals surface area (Å²) in [7, 11) is 0. The summed E-state index contributed by atoms with van der Waals surface area (Å²) in [4.78, 5) is 16.3. The minimum atomic E-state index is -4.27. The van der Waals surface area contributed by atoms with E-state index < -0.39 is 12.7 Å². The summed E-state index contributed by atoms with van der Waals surface area (Å²) < 4.78 is 39.2. The Morgan fingerprint density at radius 3 is 2.41 bits per heavy atom. The van der Waals surface area contributed by atoms with Gasteiger partial charge in [-0.25, -0.2) is 4.98 Å². The number of alkyl halides is 3. The number of amides is 1. The second kappa shape index (κ2) is 6.72. The van der Waals surface area contributed by atoms with Gasteiger partial charge in [0, 0.05) is 5.54 Å². The van der Waals surface area contributed by atoms with Crippen molar-refractivity contribution in [3.63, 3.8) is 0 Å². The van der Waals surface area contributed by atoms with Crippen molar-refractivity contribution in [2.45, 2.75) is 56.8 Å². The van der Waals surface area contributed by atoms with E-state index in [0.29, 0.717) is 17.0 Å². The highest BCUT2D eigenvalue weighted by Gasteiger charge is 2.52. The van der Waals surface area contributed by atoms with Crippen LogP contribution in [-0.2, 0) is 6.54 Å². The normalized spacial score (nSPS) is 30.8. The van der Waals surface area contributed by atoms with Crippen LogP contribution in [0, 0.1) is 17.8 Å². The topological polar surface area (TPSA) is 61.0 Å². The van der Waals surface area contributed by atoms with E-state index in [0.717, 1.165) is 37.0 Å². The Kier molecular flexibility index (Phi) is 4.38. The van der Waals surface area contributed by atoms with Gasteiger partial charge in [0.2, 0.25) is 0 Å². The lowest BCUT2D eigenvalue weighted by molar-refractivity contribution is -0.514. The molecule has 0 spiro atoms. The number of halogens is 3. The molecule has 4 aliphatic carbocycles. The molecule has 4 aliphatic rings. The number of H-pyrrole nitrogens is 1. The summed E-state index contributed by atoms with van der Waals surface area (Å²) in [6.45, 7) is -1.06. The minimum Gasteiger partial charge on any atom is -0.340 e. The van der Waals surface area contributed by atoms with Crippen molar-refractivity contribution in [3.8, 4) is 0 Å². The molecule has 156 valence electrons. The first-order chi connectivity index (χ1) is 13.8. The number of nitrogens with one attached hydrogen (secondary N) is 3. The fourth-order valence-electron chi connectivity index (χ4n) is 6.35. The van der Waals surface area contributed by atoms with Crippen LogP contribution in [0.4, 0.5) is 13.2 Å². The van der Waals surface area contributed by atoms with E-state index in [4.69, 9.17) is 0 Å². The van der Waals surface area contributed by atoms with Gasteiger partial charge in [0.15, 0.2) is 11.2 Å². The predicted molar refractivity (Wildman–Crippen MR) is 100 cm³/mol. The summed E-state index contributed by atoms with van der Waals surface area (Å²) in [6, 6.07) is 5.44. The number of imidazole rings is 1. The van der Waals surface area contributed by atoms with Crippen molar-refractivity contribution in [3.05, 3.63) is 35.9 Å². The number of rotatable bonds is 5. The maximum atomic E-state index is 13.2. The second-order valence-corrected chi connectivity index (χ2v) is 9.28. The lowest BCUT2D eigenvalue weighted by Gasteiger charge is -2.56. The lowest BCUT2D eigenvalue weighted by atomic mass is 9.53. The van der Waals surface area contributed by atoms with Gasteiger partial charge in [-0.15, -0.1) is 0 Å². The molecule has 0 unspecified atom stereocenters. The van der Waals surface area contributed by atoms with Gasteiger partial charge in [-0.2, -0.15) is 17.6 Å². The third kappa shape index (κ3) is 3.63.